The maximum atomic E-state index is 5.87. The standard InChI is InChI=1S/C16H18N2S2/c1-11-6-3-4-7-12(11)10-18-13-8-5-9-14(20-2)15(13)16(17)19/h3-9,18H,10H2,1-2H3,(H2,17,19). The molecule has 20 heavy (non-hydrogen) atoms. The molecule has 0 radical (unpaired) electrons. The fourth-order valence-electron chi connectivity index (χ4n) is 2.10. The van der Waals surface area contributed by atoms with Crippen LogP contribution in [0.1, 0.15) is 16.7 Å². The number of benzene rings is 2. The van der Waals surface area contributed by atoms with Gasteiger partial charge in [0.05, 0.1) is 0 Å². The fraction of sp³-hybridized carbons (Fsp3) is 0.188. The monoisotopic (exact) mass is 302 g/mol. The lowest BCUT2D eigenvalue weighted by molar-refractivity contribution is 1.11. The summed E-state index contributed by atoms with van der Waals surface area (Å²) in [6, 6.07) is 14.4. The third kappa shape index (κ3) is 3.32. The van der Waals surface area contributed by atoms with Crippen molar-refractivity contribution < 1.29 is 0 Å². The molecule has 0 spiro atoms. The molecule has 0 atom stereocenters. The maximum absolute atomic E-state index is 5.87. The Morgan fingerprint density at radius 3 is 2.60 bits per heavy atom. The molecule has 0 heterocycles. The predicted molar refractivity (Wildman–Crippen MR) is 92.6 cm³/mol. The second kappa shape index (κ2) is 6.77. The quantitative estimate of drug-likeness (QED) is 0.647. The van der Waals surface area contributed by atoms with Crippen LogP contribution in [0.25, 0.3) is 0 Å². The molecule has 0 unspecified atom stereocenters. The first-order valence-corrected chi connectivity index (χ1v) is 8.02. The van der Waals surface area contributed by atoms with E-state index in [1.807, 2.05) is 30.5 Å². The zero-order valence-electron chi connectivity index (χ0n) is 11.6. The van der Waals surface area contributed by atoms with E-state index in [4.69, 9.17) is 18.0 Å². The minimum absolute atomic E-state index is 0.433. The molecule has 0 amide bonds. The molecule has 0 saturated heterocycles. The Bertz CT molecular complexity index is 624. The van der Waals surface area contributed by atoms with Crippen LogP contribution >= 0.6 is 24.0 Å². The van der Waals surface area contributed by atoms with E-state index in [2.05, 4.69) is 30.4 Å². The number of thioether (sulfide) groups is 1. The van der Waals surface area contributed by atoms with Gasteiger partial charge >= 0.3 is 0 Å². The van der Waals surface area contributed by atoms with Gasteiger partial charge in [0, 0.05) is 22.7 Å². The first-order valence-electron chi connectivity index (χ1n) is 6.38. The van der Waals surface area contributed by atoms with Gasteiger partial charge in [-0.15, -0.1) is 11.8 Å². The molecular weight excluding hydrogens is 284 g/mol. The molecule has 2 rings (SSSR count). The molecular formula is C16H18N2S2. The number of anilines is 1. The zero-order chi connectivity index (χ0) is 14.5. The first kappa shape index (κ1) is 14.9. The normalized spacial score (nSPS) is 10.3. The highest BCUT2D eigenvalue weighted by molar-refractivity contribution is 7.98. The highest BCUT2D eigenvalue weighted by Gasteiger charge is 2.10. The van der Waals surface area contributed by atoms with Gasteiger partial charge in [0.15, 0.2) is 0 Å². The molecule has 0 aliphatic carbocycles. The van der Waals surface area contributed by atoms with Gasteiger partial charge in [0.1, 0.15) is 4.99 Å². The average Bonchev–Trinajstić information content (AvgIpc) is 2.45. The van der Waals surface area contributed by atoms with Crippen molar-refractivity contribution in [2.24, 2.45) is 5.73 Å². The van der Waals surface area contributed by atoms with E-state index in [1.165, 1.54) is 11.1 Å². The van der Waals surface area contributed by atoms with E-state index in [1.54, 1.807) is 11.8 Å². The number of hydrogen-bond donors (Lipinski definition) is 2. The first-order chi connectivity index (χ1) is 9.63. The highest BCUT2D eigenvalue weighted by atomic mass is 32.2. The molecule has 0 fully saturated rings. The number of hydrogen-bond acceptors (Lipinski definition) is 3. The Hall–Kier alpha value is -1.52. The van der Waals surface area contributed by atoms with Crippen molar-refractivity contribution in [3.63, 3.8) is 0 Å². The van der Waals surface area contributed by atoms with Gasteiger partial charge < -0.3 is 11.1 Å². The Kier molecular flexibility index (Phi) is 5.04. The van der Waals surface area contributed by atoms with E-state index in [0.29, 0.717) is 4.99 Å². The van der Waals surface area contributed by atoms with Crippen LogP contribution in [-0.4, -0.2) is 11.2 Å². The second-order valence-electron chi connectivity index (χ2n) is 4.53. The van der Waals surface area contributed by atoms with E-state index < -0.39 is 0 Å². The van der Waals surface area contributed by atoms with E-state index in [-0.39, 0.29) is 0 Å². The summed E-state index contributed by atoms with van der Waals surface area (Å²) in [5, 5.41) is 3.45. The van der Waals surface area contributed by atoms with Crippen LogP contribution in [0.3, 0.4) is 0 Å². The lowest BCUT2D eigenvalue weighted by atomic mass is 10.1. The molecule has 0 saturated carbocycles. The van der Waals surface area contributed by atoms with E-state index in [0.717, 1.165) is 22.7 Å². The van der Waals surface area contributed by atoms with Crippen LogP contribution in [0, 0.1) is 6.92 Å². The highest BCUT2D eigenvalue weighted by Crippen LogP contribution is 2.27. The molecule has 3 N–H and O–H groups in total. The lowest BCUT2D eigenvalue weighted by Crippen LogP contribution is -2.14. The van der Waals surface area contributed by atoms with Gasteiger partial charge in [0.2, 0.25) is 0 Å². The fourth-order valence-corrected chi connectivity index (χ4v) is 3.02. The van der Waals surface area contributed by atoms with Crippen molar-refractivity contribution in [2.45, 2.75) is 18.4 Å². The van der Waals surface area contributed by atoms with Gasteiger partial charge in [-0.25, -0.2) is 0 Å². The SMILES string of the molecule is CSc1cccc(NCc2ccccc2C)c1C(N)=S. The molecule has 4 heteroatoms. The average molecular weight is 302 g/mol. The second-order valence-corrected chi connectivity index (χ2v) is 5.82. The molecule has 0 aliphatic heterocycles. The number of nitrogens with one attached hydrogen (secondary N) is 1. The Labute approximate surface area is 129 Å². The molecule has 2 nitrogen and oxygen atoms in total. The van der Waals surface area contributed by atoms with Crippen molar-refractivity contribution in [1.82, 2.24) is 0 Å². The molecule has 0 aliphatic rings. The third-order valence-electron chi connectivity index (χ3n) is 3.22. The van der Waals surface area contributed by atoms with Crippen molar-refractivity contribution >= 4 is 34.7 Å². The summed E-state index contributed by atoms with van der Waals surface area (Å²) in [6.07, 6.45) is 2.03. The number of rotatable bonds is 5. The van der Waals surface area contributed by atoms with Crippen molar-refractivity contribution in [3.05, 3.63) is 59.2 Å². The van der Waals surface area contributed by atoms with Crippen LogP contribution in [0.5, 0.6) is 0 Å². The van der Waals surface area contributed by atoms with E-state index in [9.17, 15) is 0 Å². The Morgan fingerprint density at radius 1 is 1.20 bits per heavy atom. The van der Waals surface area contributed by atoms with Gasteiger partial charge in [-0.05, 0) is 36.4 Å². The molecule has 2 aromatic rings. The largest absolute Gasteiger partial charge is 0.389 e. The summed E-state index contributed by atoms with van der Waals surface area (Å²) >= 11 is 6.84. The van der Waals surface area contributed by atoms with Crippen molar-refractivity contribution in [2.75, 3.05) is 11.6 Å². The lowest BCUT2D eigenvalue weighted by Gasteiger charge is -2.15. The Morgan fingerprint density at radius 2 is 1.95 bits per heavy atom. The molecule has 104 valence electrons. The van der Waals surface area contributed by atoms with Crippen molar-refractivity contribution in [1.29, 1.82) is 0 Å². The van der Waals surface area contributed by atoms with E-state index >= 15 is 0 Å². The molecule has 0 aromatic heterocycles. The summed E-state index contributed by atoms with van der Waals surface area (Å²) in [4.78, 5) is 1.54. The van der Waals surface area contributed by atoms with Gasteiger partial charge in [-0.3, -0.25) is 0 Å². The molecule has 0 bridgehead atoms. The number of aryl methyl sites for hydroxylation is 1. The zero-order valence-corrected chi connectivity index (χ0v) is 13.3. The predicted octanol–water partition coefficient (Wildman–Crippen LogP) is 3.96. The van der Waals surface area contributed by atoms with Gasteiger partial charge in [-0.2, -0.15) is 0 Å². The summed E-state index contributed by atoms with van der Waals surface area (Å²) in [5.74, 6) is 0. The summed E-state index contributed by atoms with van der Waals surface area (Å²) in [5.41, 5.74) is 10.3. The minimum atomic E-state index is 0.433. The van der Waals surface area contributed by atoms with Crippen LogP contribution in [0.15, 0.2) is 47.4 Å². The van der Waals surface area contributed by atoms with Crippen LogP contribution in [0.2, 0.25) is 0 Å². The number of nitrogens with two attached hydrogens (primary N) is 1. The molecule has 2 aromatic carbocycles. The van der Waals surface area contributed by atoms with Crippen LogP contribution in [0.4, 0.5) is 5.69 Å². The topological polar surface area (TPSA) is 38.0 Å². The van der Waals surface area contributed by atoms with Gasteiger partial charge in [-0.1, -0.05) is 42.5 Å². The smallest absolute Gasteiger partial charge is 0.107 e. The maximum Gasteiger partial charge on any atom is 0.107 e. The Balaban J connectivity index is 2.26. The van der Waals surface area contributed by atoms with Gasteiger partial charge in [0.25, 0.3) is 0 Å². The van der Waals surface area contributed by atoms with Crippen LogP contribution in [-0.2, 0) is 6.54 Å². The third-order valence-corrected chi connectivity index (χ3v) is 4.21. The van der Waals surface area contributed by atoms with Crippen LogP contribution < -0.4 is 11.1 Å². The minimum Gasteiger partial charge on any atom is -0.389 e. The summed E-state index contributed by atoms with van der Waals surface area (Å²) in [6.45, 7) is 2.88. The number of thiocarbonyl (C=S) groups is 1. The summed E-state index contributed by atoms with van der Waals surface area (Å²) in [7, 11) is 0. The van der Waals surface area contributed by atoms with Crippen molar-refractivity contribution in [3.8, 4) is 0 Å². The summed E-state index contributed by atoms with van der Waals surface area (Å²) < 4.78 is 0.